The van der Waals surface area contributed by atoms with Gasteiger partial charge in [0.1, 0.15) is 0 Å². The van der Waals surface area contributed by atoms with Crippen molar-refractivity contribution in [2.45, 2.75) is 51.7 Å². The normalized spacial score (nSPS) is 27.1. The Labute approximate surface area is 111 Å². The van der Waals surface area contributed by atoms with Crippen LogP contribution in [0.25, 0.3) is 0 Å². The molecule has 2 rings (SSSR count). The second-order valence-corrected chi connectivity index (χ2v) is 5.40. The van der Waals surface area contributed by atoms with E-state index in [1.54, 1.807) is 0 Å². The lowest BCUT2D eigenvalue weighted by atomic mass is 10.0. The highest BCUT2D eigenvalue weighted by Gasteiger charge is 2.28. The first kappa shape index (κ1) is 13.5. The molecule has 0 spiro atoms. The van der Waals surface area contributed by atoms with E-state index in [0.717, 1.165) is 13.1 Å². The molecule has 0 aromatic carbocycles. The van der Waals surface area contributed by atoms with Gasteiger partial charge in [0.2, 0.25) is 0 Å². The Balaban J connectivity index is 2.05. The molecule has 1 aliphatic rings. The molecule has 3 atom stereocenters. The average molecular weight is 247 g/mol. The van der Waals surface area contributed by atoms with Crippen LogP contribution in [-0.2, 0) is 0 Å². The molecular weight excluding hydrogens is 222 g/mol. The fraction of sp³-hybridized carbons (Fsp3) is 0.667. The van der Waals surface area contributed by atoms with E-state index in [0.29, 0.717) is 18.1 Å². The van der Waals surface area contributed by atoms with Crippen LogP contribution in [0.5, 0.6) is 0 Å². The predicted octanol–water partition coefficient (Wildman–Crippen LogP) is 2.61. The molecule has 2 heterocycles. The molecule has 0 bridgehead atoms. The van der Waals surface area contributed by atoms with Gasteiger partial charge < -0.3 is 5.32 Å². The fourth-order valence-corrected chi connectivity index (χ4v) is 2.87. The summed E-state index contributed by atoms with van der Waals surface area (Å²) >= 11 is 0. The van der Waals surface area contributed by atoms with Crippen LogP contribution >= 0.6 is 0 Å². The highest BCUT2D eigenvalue weighted by atomic mass is 15.2. The molecule has 3 unspecified atom stereocenters. The van der Waals surface area contributed by atoms with Gasteiger partial charge in [-0.3, -0.25) is 9.88 Å². The van der Waals surface area contributed by atoms with Gasteiger partial charge in [-0.15, -0.1) is 0 Å². The van der Waals surface area contributed by atoms with Crippen molar-refractivity contribution in [1.29, 1.82) is 0 Å². The third-order valence-corrected chi connectivity index (χ3v) is 4.02. The van der Waals surface area contributed by atoms with Gasteiger partial charge in [-0.2, -0.15) is 0 Å². The van der Waals surface area contributed by atoms with Gasteiger partial charge in [0.05, 0.1) is 0 Å². The van der Waals surface area contributed by atoms with Gasteiger partial charge in [-0.05, 0) is 38.0 Å². The maximum atomic E-state index is 4.11. The van der Waals surface area contributed by atoms with Crippen molar-refractivity contribution >= 4 is 0 Å². The van der Waals surface area contributed by atoms with Crippen LogP contribution in [0.4, 0.5) is 0 Å². The van der Waals surface area contributed by atoms with Gasteiger partial charge in [0, 0.05) is 43.6 Å². The minimum absolute atomic E-state index is 0.476. The van der Waals surface area contributed by atoms with Crippen molar-refractivity contribution < 1.29 is 0 Å². The molecule has 0 radical (unpaired) electrons. The zero-order valence-electron chi connectivity index (χ0n) is 11.8. The van der Waals surface area contributed by atoms with E-state index in [1.807, 2.05) is 12.4 Å². The first-order valence-corrected chi connectivity index (χ1v) is 7.11. The second kappa shape index (κ2) is 6.30. The van der Waals surface area contributed by atoms with E-state index < -0.39 is 0 Å². The van der Waals surface area contributed by atoms with E-state index in [9.17, 15) is 0 Å². The van der Waals surface area contributed by atoms with Crippen molar-refractivity contribution in [3.05, 3.63) is 30.1 Å². The summed E-state index contributed by atoms with van der Waals surface area (Å²) in [5.41, 5.74) is 1.37. The number of piperazine rings is 1. The van der Waals surface area contributed by atoms with Crippen molar-refractivity contribution in [3.63, 3.8) is 0 Å². The number of pyridine rings is 1. The van der Waals surface area contributed by atoms with E-state index in [2.05, 4.69) is 48.1 Å². The van der Waals surface area contributed by atoms with Crippen molar-refractivity contribution in [2.75, 3.05) is 13.1 Å². The standard InChI is InChI=1S/C15H25N3/c1-4-5-15-11-18(12(2)10-17-15)13(3)14-6-8-16-9-7-14/h6-9,12-13,15,17H,4-5,10-11H2,1-3H3. The lowest BCUT2D eigenvalue weighted by Crippen LogP contribution is -2.55. The number of nitrogens with one attached hydrogen (secondary N) is 1. The summed E-state index contributed by atoms with van der Waals surface area (Å²) in [5, 5.41) is 3.65. The van der Waals surface area contributed by atoms with Crippen LogP contribution in [0.3, 0.4) is 0 Å². The summed E-state index contributed by atoms with van der Waals surface area (Å²) in [5.74, 6) is 0. The molecule has 0 amide bonds. The summed E-state index contributed by atoms with van der Waals surface area (Å²) in [6.07, 6.45) is 6.31. The van der Waals surface area contributed by atoms with E-state index >= 15 is 0 Å². The molecule has 100 valence electrons. The minimum atomic E-state index is 0.476. The quantitative estimate of drug-likeness (QED) is 0.886. The molecule has 0 saturated carbocycles. The van der Waals surface area contributed by atoms with Gasteiger partial charge in [-0.1, -0.05) is 13.3 Å². The van der Waals surface area contributed by atoms with Gasteiger partial charge in [0.25, 0.3) is 0 Å². The Kier molecular flexibility index (Phi) is 4.72. The number of aromatic nitrogens is 1. The van der Waals surface area contributed by atoms with Crippen LogP contribution in [0.2, 0.25) is 0 Å². The Morgan fingerprint density at radius 3 is 2.83 bits per heavy atom. The molecule has 1 aliphatic heterocycles. The van der Waals surface area contributed by atoms with E-state index in [4.69, 9.17) is 0 Å². The highest BCUT2D eigenvalue weighted by molar-refractivity contribution is 5.15. The van der Waals surface area contributed by atoms with E-state index in [-0.39, 0.29) is 0 Å². The molecule has 1 aromatic heterocycles. The summed E-state index contributed by atoms with van der Waals surface area (Å²) in [4.78, 5) is 6.72. The van der Waals surface area contributed by atoms with Crippen LogP contribution in [-0.4, -0.2) is 35.1 Å². The molecule has 0 aliphatic carbocycles. The third-order valence-electron chi connectivity index (χ3n) is 4.02. The molecule has 1 saturated heterocycles. The topological polar surface area (TPSA) is 28.2 Å². The minimum Gasteiger partial charge on any atom is -0.311 e. The van der Waals surface area contributed by atoms with Gasteiger partial charge >= 0.3 is 0 Å². The first-order chi connectivity index (χ1) is 8.72. The van der Waals surface area contributed by atoms with Crippen LogP contribution in [0.15, 0.2) is 24.5 Å². The van der Waals surface area contributed by atoms with Gasteiger partial charge in [-0.25, -0.2) is 0 Å². The Bertz CT molecular complexity index is 352. The Hall–Kier alpha value is -0.930. The summed E-state index contributed by atoms with van der Waals surface area (Å²) < 4.78 is 0. The highest BCUT2D eigenvalue weighted by Crippen LogP contribution is 2.24. The largest absolute Gasteiger partial charge is 0.311 e. The number of hydrogen-bond donors (Lipinski definition) is 1. The maximum absolute atomic E-state index is 4.11. The third kappa shape index (κ3) is 3.09. The molecule has 3 heteroatoms. The lowest BCUT2D eigenvalue weighted by Gasteiger charge is -2.42. The number of rotatable bonds is 4. The second-order valence-electron chi connectivity index (χ2n) is 5.40. The van der Waals surface area contributed by atoms with Crippen molar-refractivity contribution in [3.8, 4) is 0 Å². The van der Waals surface area contributed by atoms with Gasteiger partial charge in [0.15, 0.2) is 0 Å². The molecule has 1 N–H and O–H groups in total. The zero-order valence-corrected chi connectivity index (χ0v) is 11.8. The average Bonchev–Trinajstić information content (AvgIpc) is 2.41. The van der Waals surface area contributed by atoms with Crippen molar-refractivity contribution in [1.82, 2.24) is 15.2 Å². The number of nitrogens with zero attached hydrogens (tertiary/aromatic N) is 2. The predicted molar refractivity (Wildman–Crippen MR) is 75.5 cm³/mol. The Morgan fingerprint density at radius 2 is 2.17 bits per heavy atom. The number of hydrogen-bond acceptors (Lipinski definition) is 3. The van der Waals surface area contributed by atoms with E-state index in [1.165, 1.54) is 18.4 Å². The maximum Gasteiger partial charge on any atom is 0.0325 e. The van der Waals surface area contributed by atoms with Crippen LogP contribution in [0.1, 0.15) is 45.2 Å². The fourth-order valence-electron chi connectivity index (χ4n) is 2.87. The molecule has 3 nitrogen and oxygen atoms in total. The van der Waals surface area contributed by atoms with Crippen LogP contribution < -0.4 is 5.32 Å². The molecule has 1 aromatic rings. The molecule has 18 heavy (non-hydrogen) atoms. The van der Waals surface area contributed by atoms with Crippen LogP contribution in [0, 0.1) is 0 Å². The zero-order chi connectivity index (χ0) is 13.0. The van der Waals surface area contributed by atoms with Crippen molar-refractivity contribution in [2.24, 2.45) is 0 Å². The lowest BCUT2D eigenvalue weighted by molar-refractivity contribution is 0.0959. The first-order valence-electron chi connectivity index (χ1n) is 7.11. The Morgan fingerprint density at radius 1 is 1.44 bits per heavy atom. The smallest absolute Gasteiger partial charge is 0.0325 e. The monoisotopic (exact) mass is 247 g/mol. The summed E-state index contributed by atoms with van der Waals surface area (Å²) in [6.45, 7) is 9.13. The molecular formula is C15H25N3. The summed E-state index contributed by atoms with van der Waals surface area (Å²) in [7, 11) is 0. The summed E-state index contributed by atoms with van der Waals surface area (Å²) in [6, 6.07) is 5.99. The molecule has 1 fully saturated rings. The SMILES string of the molecule is CCCC1CN(C(C)c2ccncc2)C(C)CN1.